The van der Waals surface area contributed by atoms with Crippen molar-refractivity contribution < 1.29 is 26.7 Å². The average Bonchev–Trinajstić information content (AvgIpc) is 3.70. The quantitative estimate of drug-likeness (QED) is 0.337. The zero-order valence-electron chi connectivity index (χ0n) is 23.8. The van der Waals surface area contributed by atoms with Crippen molar-refractivity contribution in [1.29, 1.82) is 0 Å². The van der Waals surface area contributed by atoms with Gasteiger partial charge in [0.25, 0.3) is 5.16 Å². The Labute approximate surface area is 240 Å². The molecule has 4 N–H and O–H groups in total. The molecule has 2 fully saturated rings. The standard InChI is InChI=1S/C13H18FN5O3S.C12H16FN5O/c1-4-8-6(2)9(14)10(22-8)7-5-16-12-11(15)17-13(18-19(7)12)23(3,20)21;1-3-8-6(2)9(13)10(19-8)7-4-15-12-11(14)16-5-17-18(7)12/h5-6,8-10H,4H2,1-3H3,(H2,15,17,18);4-6,8-10H,3H2,1-2H3,(H2,14,16,17)/t2*6-,8-,9-,10+/m11/s1. The van der Waals surface area contributed by atoms with E-state index in [1.807, 2.05) is 20.8 Å². The summed E-state index contributed by atoms with van der Waals surface area (Å²) >= 11 is 0. The number of ether oxygens (including phenoxy) is 2. The van der Waals surface area contributed by atoms with Crippen LogP contribution in [0.25, 0.3) is 11.3 Å². The second kappa shape index (κ2) is 11.3. The summed E-state index contributed by atoms with van der Waals surface area (Å²) in [7, 11) is -3.66. The zero-order chi connectivity index (χ0) is 30.5. The molecule has 4 aromatic heterocycles. The van der Waals surface area contributed by atoms with Crippen LogP contribution in [-0.4, -0.2) is 78.4 Å². The normalized spacial score (nSPS) is 29.7. The van der Waals surface area contributed by atoms with Gasteiger partial charge in [-0.25, -0.2) is 41.2 Å². The fourth-order valence-electron chi connectivity index (χ4n) is 5.43. The molecule has 2 aliphatic heterocycles. The molecule has 6 heterocycles. The minimum absolute atomic E-state index is 0.0789. The lowest BCUT2D eigenvalue weighted by molar-refractivity contribution is 0.0195. The number of nitrogens with two attached hydrogens (primary N) is 2. The minimum atomic E-state index is -3.66. The Morgan fingerprint density at radius 3 is 1.83 bits per heavy atom. The number of nitrogen functional groups attached to an aromatic ring is 2. The van der Waals surface area contributed by atoms with E-state index in [1.165, 1.54) is 21.6 Å². The molecule has 0 aliphatic carbocycles. The van der Waals surface area contributed by atoms with Gasteiger partial charge in [-0.05, 0) is 12.8 Å². The van der Waals surface area contributed by atoms with Crippen molar-refractivity contribution in [3.63, 3.8) is 0 Å². The summed E-state index contributed by atoms with van der Waals surface area (Å²) in [5.74, 6) is -0.223. The van der Waals surface area contributed by atoms with E-state index in [0.29, 0.717) is 23.5 Å². The van der Waals surface area contributed by atoms with Crippen LogP contribution < -0.4 is 11.5 Å². The Balaban J connectivity index is 0.000000171. The van der Waals surface area contributed by atoms with E-state index in [0.717, 1.165) is 12.7 Å². The van der Waals surface area contributed by atoms with Crippen LogP contribution >= 0.6 is 0 Å². The van der Waals surface area contributed by atoms with Crippen molar-refractivity contribution in [3.05, 3.63) is 30.1 Å². The Morgan fingerprint density at radius 1 is 0.857 bits per heavy atom. The third-order valence-corrected chi connectivity index (χ3v) is 8.71. The summed E-state index contributed by atoms with van der Waals surface area (Å²) < 4.78 is 66.6. The monoisotopic (exact) mass is 608 g/mol. The van der Waals surface area contributed by atoms with E-state index < -0.39 is 39.5 Å². The van der Waals surface area contributed by atoms with Crippen LogP contribution in [0.15, 0.2) is 23.9 Å². The molecule has 0 spiro atoms. The first-order valence-electron chi connectivity index (χ1n) is 13.6. The number of hydrogen-bond donors (Lipinski definition) is 2. The van der Waals surface area contributed by atoms with Crippen LogP contribution in [0.4, 0.5) is 20.4 Å². The summed E-state index contributed by atoms with van der Waals surface area (Å²) in [6.07, 6.45) is 2.61. The summed E-state index contributed by atoms with van der Waals surface area (Å²) in [4.78, 5) is 15.8. The molecule has 228 valence electrons. The highest BCUT2D eigenvalue weighted by atomic mass is 32.2. The lowest BCUT2D eigenvalue weighted by atomic mass is 9.97. The van der Waals surface area contributed by atoms with E-state index >= 15 is 0 Å². The van der Waals surface area contributed by atoms with Gasteiger partial charge in [0.1, 0.15) is 30.9 Å². The predicted molar refractivity (Wildman–Crippen MR) is 147 cm³/mol. The molecule has 4 aromatic rings. The molecule has 2 aliphatic rings. The van der Waals surface area contributed by atoms with Crippen molar-refractivity contribution in [2.45, 2.75) is 82.5 Å². The molecule has 0 aromatic carbocycles. The molecule has 17 heteroatoms. The molecular formula is C25H34F2N10O4S. The van der Waals surface area contributed by atoms with Gasteiger partial charge in [0.05, 0.1) is 36.0 Å². The third kappa shape index (κ3) is 5.13. The molecule has 0 radical (unpaired) electrons. The molecule has 0 saturated carbocycles. The van der Waals surface area contributed by atoms with Crippen LogP contribution in [0.2, 0.25) is 0 Å². The smallest absolute Gasteiger partial charge is 0.267 e. The van der Waals surface area contributed by atoms with E-state index in [1.54, 1.807) is 13.1 Å². The number of anilines is 2. The highest BCUT2D eigenvalue weighted by Crippen LogP contribution is 2.41. The molecule has 14 nitrogen and oxygen atoms in total. The van der Waals surface area contributed by atoms with Crippen LogP contribution in [-0.2, 0) is 19.3 Å². The molecule has 0 bridgehead atoms. The van der Waals surface area contributed by atoms with Crippen LogP contribution in [0, 0.1) is 11.8 Å². The maximum atomic E-state index is 14.6. The molecule has 0 amide bonds. The molecule has 42 heavy (non-hydrogen) atoms. The van der Waals surface area contributed by atoms with E-state index in [4.69, 9.17) is 20.9 Å². The first-order valence-corrected chi connectivity index (χ1v) is 15.5. The molecule has 8 atom stereocenters. The van der Waals surface area contributed by atoms with Crippen molar-refractivity contribution in [2.24, 2.45) is 11.8 Å². The van der Waals surface area contributed by atoms with Crippen molar-refractivity contribution in [3.8, 4) is 0 Å². The number of fused-ring (bicyclic) bond motifs is 2. The third-order valence-electron chi connectivity index (χ3n) is 7.87. The molecule has 2 saturated heterocycles. The van der Waals surface area contributed by atoms with E-state index in [2.05, 4.69) is 30.1 Å². The number of aromatic nitrogens is 8. The van der Waals surface area contributed by atoms with Gasteiger partial charge in [-0.1, -0.05) is 27.7 Å². The van der Waals surface area contributed by atoms with Gasteiger partial charge in [0.2, 0.25) is 9.84 Å². The number of nitrogens with zero attached hydrogens (tertiary/aromatic N) is 8. The van der Waals surface area contributed by atoms with Crippen LogP contribution in [0.5, 0.6) is 0 Å². The average molecular weight is 609 g/mol. The van der Waals surface area contributed by atoms with E-state index in [9.17, 15) is 17.2 Å². The number of alkyl halides is 2. The lowest BCUT2D eigenvalue weighted by Gasteiger charge is -2.13. The van der Waals surface area contributed by atoms with Crippen LogP contribution in [0.3, 0.4) is 0 Å². The first-order chi connectivity index (χ1) is 19.9. The highest BCUT2D eigenvalue weighted by Gasteiger charge is 2.45. The number of sulfone groups is 1. The largest absolute Gasteiger partial charge is 0.381 e. The Morgan fingerprint density at radius 2 is 1.36 bits per heavy atom. The fourth-order valence-corrected chi connectivity index (χ4v) is 5.93. The molecule has 6 rings (SSSR count). The van der Waals surface area contributed by atoms with Gasteiger partial charge in [0, 0.05) is 18.1 Å². The number of imidazole rings is 2. The maximum Gasteiger partial charge on any atom is 0.267 e. The Hall–Kier alpha value is -3.57. The topological polar surface area (TPSA) is 191 Å². The Kier molecular flexibility index (Phi) is 8.02. The minimum Gasteiger partial charge on any atom is -0.381 e. The summed E-state index contributed by atoms with van der Waals surface area (Å²) in [6.45, 7) is 7.57. The first kappa shape index (κ1) is 29.9. The Bertz CT molecular complexity index is 1700. The number of halogens is 2. The molecular weight excluding hydrogens is 574 g/mol. The summed E-state index contributed by atoms with van der Waals surface area (Å²) in [5.41, 5.74) is 13.0. The van der Waals surface area contributed by atoms with Gasteiger partial charge < -0.3 is 20.9 Å². The summed E-state index contributed by atoms with van der Waals surface area (Å²) in [6, 6.07) is 0. The lowest BCUT2D eigenvalue weighted by Crippen LogP contribution is -2.18. The van der Waals surface area contributed by atoms with E-state index in [-0.39, 0.29) is 41.3 Å². The predicted octanol–water partition coefficient (Wildman–Crippen LogP) is 2.46. The van der Waals surface area contributed by atoms with Gasteiger partial charge in [-0.3, -0.25) is 0 Å². The van der Waals surface area contributed by atoms with Crippen molar-refractivity contribution in [1.82, 2.24) is 39.2 Å². The van der Waals surface area contributed by atoms with Crippen molar-refractivity contribution in [2.75, 3.05) is 17.7 Å². The highest BCUT2D eigenvalue weighted by molar-refractivity contribution is 7.90. The molecule has 0 unspecified atom stereocenters. The van der Waals surface area contributed by atoms with Crippen LogP contribution in [0.1, 0.15) is 64.1 Å². The fraction of sp³-hybridized carbons (Fsp3) is 0.600. The van der Waals surface area contributed by atoms with Gasteiger partial charge >= 0.3 is 0 Å². The second-order valence-electron chi connectivity index (χ2n) is 10.6. The van der Waals surface area contributed by atoms with Crippen molar-refractivity contribution >= 4 is 32.8 Å². The second-order valence-corrected chi connectivity index (χ2v) is 12.6. The maximum absolute atomic E-state index is 14.6. The number of hydrogen-bond acceptors (Lipinski definition) is 12. The number of rotatable bonds is 5. The van der Waals surface area contributed by atoms with Gasteiger partial charge in [-0.15, -0.1) is 5.10 Å². The van der Waals surface area contributed by atoms with Gasteiger partial charge in [0.15, 0.2) is 22.9 Å². The zero-order valence-corrected chi connectivity index (χ0v) is 24.6. The van der Waals surface area contributed by atoms with Gasteiger partial charge in [-0.2, -0.15) is 10.1 Å². The summed E-state index contributed by atoms with van der Waals surface area (Å²) in [5, 5.41) is 7.59. The SMILES string of the molecule is CC[C@H]1O[C@@H](c2cnc3c(N)nc(S(C)(=O)=O)nn23)[C@H](F)[C@@H]1C.CC[C@H]1O[C@@H](c2cnc3c(N)ncnn23)[C@H](F)[C@@H]1C.